The Bertz CT molecular complexity index is 717. The zero-order valence-corrected chi connectivity index (χ0v) is 14.9. The summed E-state index contributed by atoms with van der Waals surface area (Å²) in [5.41, 5.74) is 9.15. The van der Waals surface area contributed by atoms with Gasteiger partial charge in [0.15, 0.2) is 5.96 Å². The van der Waals surface area contributed by atoms with E-state index in [1.807, 2.05) is 37.4 Å². The van der Waals surface area contributed by atoms with Gasteiger partial charge in [0.25, 0.3) is 0 Å². The molecule has 0 bridgehead atoms. The Kier molecular flexibility index (Phi) is 5.50. The van der Waals surface area contributed by atoms with Crippen LogP contribution in [0.4, 0.5) is 11.5 Å². The highest BCUT2D eigenvalue weighted by Gasteiger charge is 2.14. The van der Waals surface area contributed by atoms with E-state index >= 15 is 0 Å². The molecular weight excluding hydrogens is 312 g/mol. The second-order valence-electron chi connectivity index (χ2n) is 6.51. The lowest BCUT2D eigenvalue weighted by Gasteiger charge is -2.33. The van der Waals surface area contributed by atoms with Gasteiger partial charge in [0.05, 0.1) is 6.54 Å². The highest BCUT2D eigenvalue weighted by molar-refractivity contribution is 5.92. The number of aryl methyl sites for hydroxylation is 1. The summed E-state index contributed by atoms with van der Waals surface area (Å²) >= 11 is 0. The van der Waals surface area contributed by atoms with Gasteiger partial charge < -0.3 is 20.9 Å². The Hall–Kier alpha value is -2.60. The molecule has 0 saturated carbocycles. The quantitative estimate of drug-likeness (QED) is 0.660. The average molecular weight is 338 g/mol. The maximum atomic E-state index is 5.97. The van der Waals surface area contributed by atoms with Crippen LogP contribution in [-0.2, 0) is 6.54 Å². The monoisotopic (exact) mass is 338 g/mol. The third-order valence-electron chi connectivity index (χ3n) is 4.36. The van der Waals surface area contributed by atoms with E-state index in [4.69, 9.17) is 5.73 Å². The van der Waals surface area contributed by atoms with Crippen molar-refractivity contribution in [1.29, 1.82) is 0 Å². The molecule has 1 aromatic heterocycles. The van der Waals surface area contributed by atoms with Crippen LogP contribution in [0.2, 0.25) is 0 Å². The van der Waals surface area contributed by atoms with Gasteiger partial charge in [-0.3, -0.25) is 0 Å². The SMILES string of the molecule is Cc1cccc(NC(N)=NCc2ccc(N3CCN(C)CC3)nc2)c1. The van der Waals surface area contributed by atoms with E-state index in [1.165, 1.54) is 5.56 Å². The molecule has 1 saturated heterocycles. The van der Waals surface area contributed by atoms with Gasteiger partial charge in [0.1, 0.15) is 5.82 Å². The highest BCUT2D eigenvalue weighted by Crippen LogP contribution is 2.14. The molecule has 0 unspecified atom stereocenters. The van der Waals surface area contributed by atoms with Crippen molar-refractivity contribution in [3.05, 3.63) is 53.7 Å². The Balaban J connectivity index is 1.56. The van der Waals surface area contributed by atoms with Crippen LogP contribution >= 0.6 is 0 Å². The molecule has 0 spiro atoms. The van der Waals surface area contributed by atoms with Gasteiger partial charge in [-0.2, -0.15) is 0 Å². The maximum absolute atomic E-state index is 5.97. The van der Waals surface area contributed by atoms with Crippen molar-refractivity contribution in [2.24, 2.45) is 10.7 Å². The van der Waals surface area contributed by atoms with Crippen molar-refractivity contribution >= 4 is 17.5 Å². The predicted molar refractivity (Wildman–Crippen MR) is 104 cm³/mol. The fraction of sp³-hybridized carbons (Fsp3) is 0.368. The molecule has 2 heterocycles. The molecule has 1 aliphatic heterocycles. The number of nitrogens with two attached hydrogens (primary N) is 1. The maximum Gasteiger partial charge on any atom is 0.193 e. The Morgan fingerprint density at radius 1 is 1.20 bits per heavy atom. The van der Waals surface area contributed by atoms with E-state index in [2.05, 4.69) is 44.3 Å². The van der Waals surface area contributed by atoms with E-state index in [-0.39, 0.29) is 0 Å². The van der Waals surface area contributed by atoms with E-state index in [9.17, 15) is 0 Å². The number of nitrogens with zero attached hydrogens (tertiary/aromatic N) is 4. The third-order valence-corrected chi connectivity index (χ3v) is 4.36. The molecular formula is C19H26N6. The van der Waals surface area contributed by atoms with E-state index < -0.39 is 0 Å². The Morgan fingerprint density at radius 2 is 2.00 bits per heavy atom. The fourth-order valence-corrected chi connectivity index (χ4v) is 2.82. The minimum Gasteiger partial charge on any atom is -0.370 e. The standard InChI is InChI=1S/C19H26N6/c1-15-4-3-5-17(12-15)23-19(20)22-14-16-6-7-18(21-13-16)25-10-8-24(2)9-11-25/h3-7,12-13H,8-11,14H2,1-2H3,(H3,20,22,23). The van der Waals surface area contributed by atoms with Gasteiger partial charge in [0.2, 0.25) is 0 Å². The van der Waals surface area contributed by atoms with E-state index in [0.29, 0.717) is 12.5 Å². The number of pyridine rings is 1. The smallest absolute Gasteiger partial charge is 0.193 e. The first kappa shape index (κ1) is 17.2. The molecule has 0 atom stereocenters. The number of rotatable bonds is 4. The molecule has 0 amide bonds. The molecule has 3 N–H and O–H groups in total. The zero-order valence-electron chi connectivity index (χ0n) is 14.9. The molecule has 0 radical (unpaired) electrons. The van der Waals surface area contributed by atoms with E-state index in [0.717, 1.165) is 43.2 Å². The highest BCUT2D eigenvalue weighted by atomic mass is 15.3. The second-order valence-corrected chi connectivity index (χ2v) is 6.51. The average Bonchev–Trinajstić information content (AvgIpc) is 2.61. The number of hydrogen-bond acceptors (Lipinski definition) is 4. The van der Waals surface area contributed by atoms with Crippen LogP contribution in [0.1, 0.15) is 11.1 Å². The lowest BCUT2D eigenvalue weighted by atomic mass is 10.2. The zero-order chi connectivity index (χ0) is 17.6. The number of anilines is 2. The largest absolute Gasteiger partial charge is 0.370 e. The molecule has 3 rings (SSSR count). The summed E-state index contributed by atoms with van der Waals surface area (Å²) < 4.78 is 0. The lowest BCUT2D eigenvalue weighted by molar-refractivity contribution is 0.312. The van der Waals surface area contributed by atoms with Crippen LogP contribution < -0.4 is 16.0 Å². The fourth-order valence-electron chi connectivity index (χ4n) is 2.82. The van der Waals surface area contributed by atoms with Crippen LogP contribution in [0.5, 0.6) is 0 Å². The minimum absolute atomic E-state index is 0.411. The summed E-state index contributed by atoms with van der Waals surface area (Å²) in [5, 5.41) is 3.11. The molecule has 6 heteroatoms. The number of aliphatic imine (C=N–C) groups is 1. The molecule has 1 aliphatic rings. The Labute approximate surface area is 149 Å². The first-order valence-electron chi connectivity index (χ1n) is 8.62. The van der Waals surface area contributed by atoms with Crippen molar-refractivity contribution in [1.82, 2.24) is 9.88 Å². The summed E-state index contributed by atoms with van der Waals surface area (Å²) in [7, 11) is 2.15. The lowest BCUT2D eigenvalue weighted by Crippen LogP contribution is -2.44. The summed E-state index contributed by atoms with van der Waals surface area (Å²) in [6.45, 7) is 6.76. The summed E-state index contributed by atoms with van der Waals surface area (Å²) in [4.78, 5) is 13.6. The van der Waals surface area contributed by atoms with Crippen molar-refractivity contribution in [2.45, 2.75) is 13.5 Å². The molecule has 1 aromatic carbocycles. The minimum atomic E-state index is 0.411. The second kappa shape index (κ2) is 7.98. The van der Waals surface area contributed by atoms with Gasteiger partial charge >= 0.3 is 0 Å². The van der Waals surface area contributed by atoms with Crippen molar-refractivity contribution in [2.75, 3.05) is 43.4 Å². The summed E-state index contributed by atoms with van der Waals surface area (Å²) in [6.07, 6.45) is 1.89. The van der Waals surface area contributed by atoms with Gasteiger partial charge in [-0.05, 0) is 43.3 Å². The molecule has 2 aromatic rings. The number of likely N-dealkylation sites (N-methyl/N-ethyl adjacent to an activating group) is 1. The van der Waals surface area contributed by atoms with Crippen LogP contribution in [0.3, 0.4) is 0 Å². The normalized spacial score (nSPS) is 16.1. The van der Waals surface area contributed by atoms with Crippen molar-refractivity contribution in [3.63, 3.8) is 0 Å². The summed E-state index contributed by atoms with van der Waals surface area (Å²) in [6, 6.07) is 12.2. The van der Waals surface area contributed by atoms with Gasteiger partial charge in [-0.1, -0.05) is 18.2 Å². The molecule has 1 fully saturated rings. The van der Waals surface area contributed by atoms with Crippen LogP contribution in [-0.4, -0.2) is 49.1 Å². The molecule has 6 nitrogen and oxygen atoms in total. The molecule has 0 aliphatic carbocycles. The Morgan fingerprint density at radius 3 is 2.68 bits per heavy atom. The number of piperazine rings is 1. The van der Waals surface area contributed by atoms with Crippen molar-refractivity contribution < 1.29 is 0 Å². The van der Waals surface area contributed by atoms with Gasteiger partial charge in [0, 0.05) is 38.1 Å². The number of benzene rings is 1. The van der Waals surface area contributed by atoms with Crippen LogP contribution in [0.25, 0.3) is 0 Å². The summed E-state index contributed by atoms with van der Waals surface area (Å²) in [5.74, 6) is 1.44. The number of aromatic nitrogens is 1. The first-order valence-corrected chi connectivity index (χ1v) is 8.62. The molecule has 25 heavy (non-hydrogen) atoms. The first-order chi connectivity index (χ1) is 12.1. The topological polar surface area (TPSA) is 69.8 Å². The van der Waals surface area contributed by atoms with Crippen LogP contribution in [0.15, 0.2) is 47.6 Å². The van der Waals surface area contributed by atoms with Crippen molar-refractivity contribution in [3.8, 4) is 0 Å². The number of guanidine groups is 1. The number of hydrogen-bond donors (Lipinski definition) is 2. The molecule has 132 valence electrons. The van der Waals surface area contributed by atoms with E-state index in [1.54, 1.807) is 0 Å². The van der Waals surface area contributed by atoms with Gasteiger partial charge in [-0.25, -0.2) is 9.98 Å². The number of nitrogens with one attached hydrogen (secondary N) is 1. The predicted octanol–water partition coefficient (Wildman–Crippen LogP) is 2.07. The van der Waals surface area contributed by atoms with Crippen LogP contribution in [0, 0.1) is 6.92 Å². The van der Waals surface area contributed by atoms with Gasteiger partial charge in [-0.15, -0.1) is 0 Å². The third kappa shape index (κ3) is 4.93.